The minimum absolute atomic E-state index is 0.0326. The van der Waals surface area contributed by atoms with E-state index in [0.717, 1.165) is 11.3 Å². The molecule has 0 aromatic carbocycles. The Morgan fingerprint density at radius 3 is 2.82 bits per heavy atom. The molecule has 5 heteroatoms. The molecule has 0 bridgehead atoms. The molecule has 0 radical (unpaired) electrons. The van der Waals surface area contributed by atoms with Crippen LogP contribution in [0, 0.1) is 0 Å². The molecule has 1 atom stereocenters. The first kappa shape index (κ1) is 13.7. The van der Waals surface area contributed by atoms with Crippen LogP contribution in [0.1, 0.15) is 37.1 Å². The molecule has 1 rings (SSSR count). The molecule has 17 heavy (non-hydrogen) atoms. The van der Waals surface area contributed by atoms with Gasteiger partial charge in [0, 0.05) is 11.3 Å². The van der Waals surface area contributed by atoms with E-state index in [1.165, 1.54) is 18.4 Å². The number of methoxy groups -OCH3 is 1. The van der Waals surface area contributed by atoms with Gasteiger partial charge in [-0.3, -0.25) is 9.59 Å². The van der Waals surface area contributed by atoms with Crippen LogP contribution in [0.4, 0.5) is 0 Å². The van der Waals surface area contributed by atoms with E-state index >= 15 is 0 Å². The zero-order valence-electron chi connectivity index (χ0n) is 10.1. The van der Waals surface area contributed by atoms with Gasteiger partial charge in [-0.2, -0.15) is 0 Å². The Bertz CT molecular complexity index is 362. The van der Waals surface area contributed by atoms with Crippen LogP contribution in [0.15, 0.2) is 17.5 Å². The normalized spacial score (nSPS) is 11.9. The van der Waals surface area contributed by atoms with Crippen LogP contribution in [-0.4, -0.2) is 19.0 Å². The molecule has 1 N–H and O–H groups in total. The highest BCUT2D eigenvalue weighted by Crippen LogP contribution is 2.22. The summed E-state index contributed by atoms with van der Waals surface area (Å²) in [6.07, 6.45) is 1.44. The highest BCUT2D eigenvalue weighted by Gasteiger charge is 2.19. The highest BCUT2D eigenvalue weighted by molar-refractivity contribution is 7.10. The third-order valence-corrected chi connectivity index (χ3v) is 3.28. The van der Waals surface area contributed by atoms with E-state index in [1.54, 1.807) is 0 Å². The summed E-state index contributed by atoms with van der Waals surface area (Å²) in [5.41, 5.74) is 0. The average molecular weight is 255 g/mol. The number of amides is 1. The van der Waals surface area contributed by atoms with E-state index in [4.69, 9.17) is 0 Å². The van der Waals surface area contributed by atoms with E-state index in [-0.39, 0.29) is 24.3 Å². The molecular formula is C12H17NO3S. The number of esters is 1. The van der Waals surface area contributed by atoms with Gasteiger partial charge in [-0.1, -0.05) is 13.0 Å². The molecule has 0 fully saturated rings. The third kappa shape index (κ3) is 4.56. The summed E-state index contributed by atoms with van der Waals surface area (Å²) in [7, 11) is 1.35. The van der Waals surface area contributed by atoms with Crippen molar-refractivity contribution in [3.8, 4) is 0 Å². The number of hydrogen-bond donors (Lipinski definition) is 1. The number of hydrogen-bond acceptors (Lipinski definition) is 4. The molecule has 1 unspecified atom stereocenters. The predicted molar refractivity (Wildman–Crippen MR) is 66.7 cm³/mol. The van der Waals surface area contributed by atoms with Crippen LogP contribution in [-0.2, 0) is 14.3 Å². The van der Waals surface area contributed by atoms with E-state index < -0.39 is 0 Å². The topological polar surface area (TPSA) is 55.4 Å². The van der Waals surface area contributed by atoms with Gasteiger partial charge >= 0.3 is 5.97 Å². The predicted octanol–water partition coefficient (Wildman–Crippen LogP) is 2.27. The molecule has 1 aromatic rings. The lowest BCUT2D eigenvalue weighted by atomic mass is 10.1. The van der Waals surface area contributed by atoms with Crippen LogP contribution in [0.2, 0.25) is 0 Å². The second-order valence-electron chi connectivity index (χ2n) is 3.67. The Labute approximate surface area is 105 Å². The number of carbonyl (C=O) groups excluding carboxylic acids is 2. The van der Waals surface area contributed by atoms with E-state index in [9.17, 15) is 9.59 Å². The van der Waals surface area contributed by atoms with Gasteiger partial charge in [0.15, 0.2) is 0 Å². The Kier molecular flexibility index (Phi) is 5.69. The van der Waals surface area contributed by atoms with E-state index in [0.29, 0.717) is 6.42 Å². The van der Waals surface area contributed by atoms with Crippen molar-refractivity contribution in [2.75, 3.05) is 7.11 Å². The van der Waals surface area contributed by atoms with Crippen molar-refractivity contribution < 1.29 is 14.3 Å². The van der Waals surface area contributed by atoms with Crippen molar-refractivity contribution in [3.63, 3.8) is 0 Å². The first-order valence-corrected chi connectivity index (χ1v) is 6.45. The highest BCUT2D eigenvalue weighted by atomic mass is 32.1. The molecule has 0 saturated carbocycles. The molecule has 1 aromatic heterocycles. The fourth-order valence-electron chi connectivity index (χ4n) is 1.46. The monoisotopic (exact) mass is 255 g/mol. The van der Waals surface area contributed by atoms with Crippen molar-refractivity contribution in [1.82, 2.24) is 5.32 Å². The van der Waals surface area contributed by atoms with Gasteiger partial charge in [0.05, 0.1) is 19.6 Å². The lowest BCUT2D eigenvalue weighted by Gasteiger charge is -2.16. The lowest BCUT2D eigenvalue weighted by molar-refractivity contribution is -0.141. The van der Waals surface area contributed by atoms with Crippen LogP contribution >= 0.6 is 11.3 Å². The van der Waals surface area contributed by atoms with Crippen molar-refractivity contribution in [1.29, 1.82) is 0 Å². The minimum Gasteiger partial charge on any atom is -0.469 e. The van der Waals surface area contributed by atoms with Crippen LogP contribution in [0.3, 0.4) is 0 Å². The van der Waals surface area contributed by atoms with Gasteiger partial charge in [0.1, 0.15) is 0 Å². The maximum absolute atomic E-state index is 11.6. The van der Waals surface area contributed by atoms with Crippen molar-refractivity contribution >= 4 is 23.2 Å². The van der Waals surface area contributed by atoms with Crippen LogP contribution in [0.25, 0.3) is 0 Å². The molecular weight excluding hydrogens is 238 g/mol. The fraction of sp³-hybridized carbons (Fsp3) is 0.500. The summed E-state index contributed by atoms with van der Waals surface area (Å²) in [5, 5.41) is 4.78. The Morgan fingerprint density at radius 1 is 1.53 bits per heavy atom. The Morgan fingerprint density at radius 2 is 2.29 bits per heavy atom. The quantitative estimate of drug-likeness (QED) is 0.793. The van der Waals surface area contributed by atoms with Gasteiger partial charge in [-0.25, -0.2) is 0 Å². The fourth-order valence-corrected chi connectivity index (χ4v) is 2.23. The minimum atomic E-state index is -0.319. The van der Waals surface area contributed by atoms with Gasteiger partial charge in [0.25, 0.3) is 0 Å². The molecule has 0 aliphatic heterocycles. The third-order valence-electron chi connectivity index (χ3n) is 2.30. The first-order chi connectivity index (χ1) is 8.17. The summed E-state index contributed by atoms with van der Waals surface area (Å²) >= 11 is 1.52. The lowest BCUT2D eigenvalue weighted by Crippen LogP contribution is -2.29. The number of thiophene rings is 1. The molecule has 94 valence electrons. The van der Waals surface area contributed by atoms with Crippen molar-refractivity contribution in [3.05, 3.63) is 22.4 Å². The summed E-state index contributed by atoms with van der Waals surface area (Å²) in [4.78, 5) is 23.8. The summed E-state index contributed by atoms with van der Waals surface area (Å²) in [6.45, 7) is 1.94. The van der Waals surface area contributed by atoms with Crippen LogP contribution < -0.4 is 5.32 Å². The molecule has 0 spiro atoms. The van der Waals surface area contributed by atoms with Gasteiger partial charge < -0.3 is 10.1 Å². The average Bonchev–Trinajstić information content (AvgIpc) is 2.81. The summed E-state index contributed by atoms with van der Waals surface area (Å²) in [6, 6.07) is 3.53. The number of carbonyl (C=O) groups is 2. The first-order valence-electron chi connectivity index (χ1n) is 5.57. The smallest absolute Gasteiger partial charge is 0.307 e. The van der Waals surface area contributed by atoms with Crippen LogP contribution in [0.5, 0.6) is 0 Å². The molecule has 0 saturated heterocycles. The molecule has 0 aliphatic carbocycles. The van der Waals surface area contributed by atoms with Crippen molar-refractivity contribution in [2.45, 2.75) is 32.2 Å². The largest absolute Gasteiger partial charge is 0.469 e. The number of rotatable bonds is 6. The SMILES string of the molecule is CCCC(=O)NC(CC(=O)OC)c1cccs1. The van der Waals surface area contributed by atoms with Gasteiger partial charge in [-0.05, 0) is 17.9 Å². The maximum Gasteiger partial charge on any atom is 0.307 e. The zero-order chi connectivity index (χ0) is 12.7. The second-order valence-corrected chi connectivity index (χ2v) is 4.65. The van der Waals surface area contributed by atoms with E-state index in [1.807, 2.05) is 24.4 Å². The zero-order valence-corrected chi connectivity index (χ0v) is 10.9. The summed E-state index contributed by atoms with van der Waals surface area (Å²) < 4.78 is 4.63. The summed E-state index contributed by atoms with van der Waals surface area (Å²) in [5.74, 6) is -0.352. The van der Waals surface area contributed by atoms with Crippen molar-refractivity contribution in [2.24, 2.45) is 0 Å². The number of nitrogens with one attached hydrogen (secondary N) is 1. The molecule has 1 amide bonds. The van der Waals surface area contributed by atoms with Gasteiger partial charge in [0.2, 0.25) is 5.91 Å². The Hall–Kier alpha value is -1.36. The second kappa shape index (κ2) is 7.06. The van der Waals surface area contributed by atoms with E-state index in [2.05, 4.69) is 10.1 Å². The molecule has 0 aliphatic rings. The maximum atomic E-state index is 11.6. The standard InChI is InChI=1S/C12H17NO3S/c1-3-5-11(14)13-9(8-12(15)16-2)10-6-4-7-17-10/h4,6-7,9H,3,5,8H2,1-2H3,(H,13,14). The molecule has 1 heterocycles. The van der Waals surface area contributed by atoms with Gasteiger partial charge in [-0.15, -0.1) is 11.3 Å². The number of ether oxygens (including phenoxy) is 1. The molecule has 4 nitrogen and oxygen atoms in total. The Balaban J connectivity index is 2.66.